The molecule has 0 unspecified atom stereocenters. The monoisotopic (exact) mass is 200 g/mol. The summed E-state index contributed by atoms with van der Waals surface area (Å²) in [6.45, 7) is 1.89. The first-order valence-electron chi connectivity index (χ1n) is 4.36. The number of hydrogen-bond acceptors (Lipinski definition) is 3. The molecule has 78 valence electrons. The average Bonchev–Trinajstić information content (AvgIpc) is 2.48. The number of nitrogens with two attached hydrogens (primary N) is 1. The first-order valence-corrected chi connectivity index (χ1v) is 4.36. The lowest BCUT2D eigenvalue weighted by molar-refractivity contribution is 0.0950. The van der Waals surface area contributed by atoms with Gasteiger partial charge in [0.05, 0.1) is 12.2 Å². The van der Waals surface area contributed by atoms with Gasteiger partial charge in [0.25, 0.3) is 5.91 Å². The Bertz CT molecular complexity index is 323. The number of aryl methyl sites for hydroxylation is 1. The van der Waals surface area contributed by atoms with Crippen molar-refractivity contribution in [2.45, 2.75) is 13.5 Å². The van der Waals surface area contributed by atoms with Crippen LogP contribution in [-0.4, -0.2) is 28.9 Å². The predicted molar refractivity (Wildman–Crippen MR) is 50.6 cm³/mol. The minimum atomic E-state index is -0.532. The number of halogens is 1. The van der Waals surface area contributed by atoms with Crippen molar-refractivity contribution < 1.29 is 9.18 Å². The number of alkyl halides is 1. The third-order valence-electron chi connectivity index (χ3n) is 1.66. The lowest BCUT2D eigenvalue weighted by Crippen LogP contribution is -2.24. The van der Waals surface area contributed by atoms with Gasteiger partial charge in [-0.25, -0.2) is 4.39 Å². The van der Waals surface area contributed by atoms with Gasteiger partial charge in [0.15, 0.2) is 5.69 Å². The number of rotatable bonds is 4. The van der Waals surface area contributed by atoms with Crippen LogP contribution in [0.5, 0.6) is 0 Å². The molecule has 0 saturated carbocycles. The van der Waals surface area contributed by atoms with Crippen LogP contribution in [0, 0.1) is 0 Å². The van der Waals surface area contributed by atoms with E-state index in [0.29, 0.717) is 6.54 Å². The zero-order valence-corrected chi connectivity index (χ0v) is 7.96. The molecule has 1 heterocycles. The van der Waals surface area contributed by atoms with Crippen molar-refractivity contribution in [3.05, 3.63) is 11.9 Å². The van der Waals surface area contributed by atoms with E-state index < -0.39 is 6.67 Å². The Hall–Kier alpha value is -1.59. The number of nitrogen functional groups attached to an aromatic ring is 1. The van der Waals surface area contributed by atoms with Crippen LogP contribution < -0.4 is 11.1 Å². The Morgan fingerprint density at radius 3 is 3.07 bits per heavy atom. The van der Waals surface area contributed by atoms with Crippen molar-refractivity contribution in [1.82, 2.24) is 15.1 Å². The Morgan fingerprint density at radius 1 is 1.79 bits per heavy atom. The van der Waals surface area contributed by atoms with Crippen molar-refractivity contribution in [2.24, 2.45) is 0 Å². The summed E-state index contributed by atoms with van der Waals surface area (Å²) in [5.41, 5.74) is 5.96. The van der Waals surface area contributed by atoms with Gasteiger partial charge in [-0.1, -0.05) is 0 Å². The van der Waals surface area contributed by atoms with Gasteiger partial charge in [-0.15, -0.1) is 0 Å². The fourth-order valence-corrected chi connectivity index (χ4v) is 1.06. The van der Waals surface area contributed by atoms with Crippen LogP contribution in [0.4, 0.5) is 10.1 Å². The van der Waals surface area contributed by atoms with Gasteiger partial charge in [-0.05, 0) is 6.92 Å². The quantitative estimate of drug-likeness (QED) is 0.728. The predicted octanol–water partition coefficient (Wildman–Crippen LogP) is 0.184. The Balaban J connectivity index is 2.81. The van der Waals surface area contributed by atoms with E-state index >= 15 is 0 Å². The van der Waals surface area contributed by atoms with E-state index in [1.165, 1.54) is 10.9 Å². The molecule has 5 nitrogen and oxygen atoms in total. The summed E-state index contributed by atoms with van der Waals surface area (Å²) < 4.78 is 13.3. The van der Waals surface area contributed by atoms with Gasteiger partial charge in [-0.3, -0.25) is 9.48 Å². The Labute approximate surface area is 81.1 Å². The van der Waals surface area contributed by atoms with Crippen LogP contribution >= 0.6 is 0 Å². The standard InChI is InChI=1S/C8H13FN4O/c1-2-11-8(14)7-6(10)5-13(12-7)4-3-9/h5H,2-4,10H2,1H3,(H,11,14). The number of nitrogens with one attached hydrogen (secondary N) is 1. The van der Waals surface area contributed by atoms with Crippen molar-refractivity contribution in [3.8, 4) is 0 Å². The van der Waals surface area contributed by atoms with Crippen LogP contribution in [0.25, 0.3) is 0 Å². The normalized spacial score (nSPS) is 10.1. The molecule has 14 heavy (non-hydrogen) atoms. The third-order valence-corrected chi connectivity index (χ3v) is 1.66. The SMILES string of the molecule is CCNC(=O)c1nn(CCF)cc1N. The summed E-state index contributed by atoms with van der Waals surface area (Å²) in [5, 5.41) is 6.43. The van der Waals surface area contributed by atoms with Crippen LogP contribution in [0.1, 0.15) is 17.4 Å². The largest absolute Gasteiger partial charge is 0.396 e. The zero-order valence-electron chi connectivity index (χ0n) is 7.96. The number of carbonyl (C=O) groups excluding carboxylic acids is 1. The first kappa shape index (κ1) is 10.5. The van der Waals surface area contributed by atoms with E-state index in [4.69, 9.17) is 5.73 Å². The number of nitrogens with zero attached hydrogens (tertiary/aromatic N) is 2. The molecule has 0 aliphatic rings. The Morgan fingerprint density at radius 2 is 2.50 bits per heavy atom. The molecule has 0 atom stereocenters. The molecular weight excluding hydrogens is 187 g/mol. The molecule has 3 N–H and O–H groups in total. The second-order valence-electron chi connectivity index (χ2n) is 2.74. The van der Waals surface area contributed by atoms with Crippen molar-refractivity contribution in [2.75, 3.05) is 19.0 Å². The average molecular weight is 200 g/mol. The smallest absolute Gasteiger partial charge is 0.273 e. The minimum Gasteiger partial charge on any atom is -0.396 e. The van der Waals surface area contributed by atoms with Gasteiger partial charge in [0, 0.05) is 12.7 Å². The van der Waals surface area contributed by atoms with Crippen molar-refractivity contribution in [1.29, 1.82) is 0 Å². The number of hydrogen-bond donors (Lipinski definition) is 2. The zero-order chi connectivity index (χ0) is 10.6. The molecule has 1 aromatic heterocycles. The molecule has 0 bridgehead atoms. The molecule has 0 spiro atoms. The maximum absolute atomic E-state index is 12.0. The number of amides is 1. The molecule has 0 aromatic carbocycles. The molecule has 0 saturated heterocycles. The van der Waals surface area contributed by atoms with E-state index in [9.17, 15) is 9.18 Å². The highest BCUT2D eigenvalue weighted by Gasteiger charge is 2.13. The van der Waals surface area contributed by atoms with Crippen molar-refractivity contribution >= 4 is 11.6 Å². The van der Waals surface area contributed by atoms with E-state index in [-0.39, 0.29) is 23.8 Å². The summed E-state index contributed by atoms with van der Waals surface area (Å²) in [6.07, 6.45) is 1.45. The third kappa shape index (κ3) is 2.21. The lowest BCUT2D eigenvalue weighted by atomic mass is 10.3. The van der Waals surface area contributed by atoms with Crippen LogP contribution in [-0.2, 0) is 6.54 Å². The molecular formula is C8H13FN4O. The molecule has 1 rings (SSSR count). The molecule has 6 heteroatoms. The molecule has 1 aromatic rings. The minimum absolute atomic E-state index is 0.115. The molecule has 0 aliphatic carbocycles. The number of aromatic nitrogens is 2. The van der Waals surface area contributed by atoms with E-state index in [0.717, 1.165) is 0 Å². The van der Waals surface area contributed by atoms with E-state index in [2.05, 4.69) is 10.4 Å². The van der Waals surface area contributed by atoms with Crippen LogP contribution in [0.15, 0.2) is 6.20 Å². The Kier molecular flexibility index (Phi) is 3.44. The van der Waals surface area contributed by atoms with Gasteiger partial charge in [0.1, 0.15) is 6.67 Å². The summed E-state index contributed by atoms with van der Waals surface area (Å²) >= 11 is 0. The highest BCUT2D eigenvalue weighted by molar-refractivity contribution is 5.96. The first-order chi connectivity index (χ1) is 6.69. The highest BCUT2D eigenvalue weighted by Crippen LogP contribution is 2.08. The van der Waals surface area contributed by atoms with Crippen LogP contribution in [0.3, 0.4) is 0 Å². The van der Waals surface area contributed by atoms with E-state index in [1.807, 2.05) is 0 Å². The van der Waals surface area contributed by atoms with Gasteiger partial charge in [0.2, 0.25) is 0 Å². The van der Waals surface area contributed by atoms with Crippen molar-refractivity contribution in [3.63, 3.8) is 0 Å². The maximum atomic E-state index is 12.0. The summed E-state index contributed by atoms with van der Waals surface area (Å²) in [4.78, 5) is 11.3. The molecule has 0 aliphatic heterocycles. The number of carbonyl (C=O) groups is 1. The maximum Gasteiger partial charge on any atom is 0.273 e. The van der Waals surface area contributed by atoms with Crippen LogP contribution in [0.2, 0.25) is 0 Å². The van der Waals surface area contributed by atoms with Gasteiger partial charge < -0.3 is 11.1 Å². The second-order valence-corrected chi connectivity index (χ2v) is 2.74. The topological polar surface area (TPSA) is 72.9 Å². The van der Waals surface area contributed by atoms with Gasteiger partial charge in [-0.2, -0.15) is 5.10 Å². The highest BCUT2D eigenvalue weighted by atomic mass is 19.1. The summed E-state index contributed by atoms with van der Waals surface area (Å²) in [6, 6.07) is 0. The second kappa shape index (κ2) is 4.59. The summed E-state index contributed by atoms with van der Waals surface area (Å²) in [7, 11) is 0. The molecule has 1 amide bonds. The molecule has 0 fully saturated rings. The molecule has 0 radical (unpaired) electrons. The summed E-state index contributed by atoms with van der Waals surface area (Å²) in [5.74, 6) is -0.331. The fraction of sp³-hybridized carbons (Fsp3) is 0.500. The lowest BCUT2D eigenvalue weighted by Gasteiger charge is -1.98. The number of anilines is 1. The van der Waals surface area contributed by atoms with E-state index in [1.54, 1.807) is 6.92 Å². The fourth-order valence-electron chi connectivity index (χ4n) is 1.06. The van der Waals surface area contributed by atoms with Gasteiger partial charge >= 0.3 is 0 Å².